The molecule has 0 saturated heterocycles. The van der Waals surface area contributed by atoms with Crippen LogP contribution in [0.3, 0.4) is 0 Å². The molecular formula is C18H20ClFN2O3S. The van der Waals surface area contributed by atoms with Gasteiger partial charge in [-0.25, -0.2) is 12.8 Å². The van der Waals surface area contributed by atoms with Gasteiger partial charge in [0.2, 0.25) is 0 Å². The molecule has 0 bridgehead atoms. The average molecular weight is 399 g/mol. The van der Waals surface area contributed by atoms with Gasteiger partial charge >= 0.3 is 0 Å². The lowest BCUT2D eigenvalue weighted by Crippen LogP contribution is -2.28. The Morgan fingerprint density at radius 3 is 2.50 bits per heavy atom. The normalized spacial score (nSPS) is 11.5. The topological polar surface area (TPSA) is 75.3 Å². The lowest BCUT2D eigenvalue weighted by atomic mass is 10.1. The van der Waals surface area contributed by atoms with E-state index in [1.165, 1.54) is 24.3 Å². The summed E-state index contributed by atoms with van der Waals surface area (Å²) < 4.78 is 40.7. The van der Waals surface area contributed by atoms with Gasteiger partial charge in [0.05, 0.1) is 15.6 Å². The van der Waals surface area contributed by atoms with Gasteiger partial charge in [-0.1, -0.05) is 31.5 Å². The number of carbonyl (C=O) groups is 1. The van der Waals surface area contributed by atoms with Crippen LogP contribution in [0.1, 0.15) is 29.8 Å². The lowest BCUT2D eigenvalue weighted by Gasteiger charge is -2.13. The van der Waals surface area contributed by atoms with Gasteiger partial charge in [-0.05, 0) is 48.7 Å². The number of benzene rings is 2. The van der Waals surface area contributed by atoms with E-state index in [2.05, 4.69) is 10.0 Å². The Morgan fingerprint density at radius 1 is 1.19 bits per heavy atom. The Balaban J connectivity index is 2.30. The van der Waals surface area contributed by atoms with Crippen LogP contribution < -0.4 is 10.0 Å². The van der Waals surface area contributed by atoms with Gasteiger partial charge in [-0.2, -0.15) is 0 Å². The van der Waals surface area contributed by atoms with Crippen molar-refractivity contribution < 1.29 is 17.6 Å². The van der Waals surface area contributed by atoms with E-state index in [9.17, 15) is 17.6 Å². The van der Waals surface area contributed by atoms with E-state index in [-0.39, 0.29) is 33.0 Å². The number of aryl methyl sites for hydroxylation is 1. The number of halogens is 2. The Morgan fingerprint density at radius 2 is 1.88 bits per heavy atom. The predicted molar refractivity (Wildman–Crippen MR) is 101 cm³/mol. The molecule has 0 aliphatic rings. The fourth-order valence-corrected chi connectivity index (χ4v) is 3.43. The molecule has 2 N–H and O–H groups in total. The van der Waals surface area contributed by atoms with Crippen LogP contribution in [0.15, 0.2) is 41.3 Å². The molecule has 140 valence electrons. The molecule has 0 aromatic heterocycles. The smallest absolute Gasteiger partial charge is 0.261 e. The zero-order chi connectivity index (χ0) is 19.5. The molecule has 0 aliphatic heterocycles. The van der Waals surface area contributed by atoms with Crippen LogP contribution in [0.4, 0.5) is 10.1 Å². The summed E-state index contributed by atoms with van der Waals surface area (Å²) in [7, 11) is -3.96. The Bertz CT molecular complexity index is 930. The maximum absolute atomic E-state index is 13.2. The monoisotopic (exact) mass is 398 g/mol. The molecule has 8 heteroatoms. The summed E-state index contributed by atoms with van der Waals surface area (Å²) in [5, 5.41) is 2.58. The van der Waals surface area contributed by atoms with Crippen LogP contribution in [0.5, 0.6) is 0 Å². The summed E-state index contributed by atoms with van der Waals surface area (Å²) in [6, 6.07) is 7.80. The van der Waals surface area contributed by atoms with Crippen LogP contribution in [-0.2, 0) is 10.0 Å². The van der Waals surface area contributed by atoms with Gasteiger partial charge in [0.25, 0.3) is 15.9 Å². The molecule has 0 fully saturated rings. The minimum Gasteiger partial charge on any atom is -0.352 e. The van der Waals surface area contributed by atoms with E-state index in [1.807, 2.05) is 13.8 Å². The first-order valence-electron chi connectivity index (χ1n) is 7.97. The summed E-state index contributed by atoms with van der Waals surface area (Å²) >= 11 is 5.67. The summed E-state index contributed by atoms with van der Waals surface area (Å²) in [6.07, 6.45) is 0. The van der Waals surface area contributed by atoms with E-state index >= 15 is 0 Å². The number of rotatable bonds is 6. The highest BCUT2D eigenvalue weighted by Crippen LogP contribution is 2.23. The second kappa shape index (κ2) is 8.05. The van der Waals surface area contributed by atoms with Crippen molar-refractivity contribution >= 4 is 33.2 Å². The first-order chi connectivity index (χ1) is 12.1. The Kier molecular flexibility index (Phi) is 6.26. The number of hydrogen-bond donors (Lipinski definition) is 2. The van der Waals surface area contributed by atoms with E-state index in [1.54, 1.807) is 13.0 Å². The molecule has 26 heavy (non-hydrogen) atoms. The number of anilines is 1. The fourth-order valence-electron chi connectivity index (χ4n) is 2.18. The minimum absolute atomic E-state index is 0.0711. The second-order valence-corrected chi connectivity index (χ2v) is 8.40. The van der Waals surface area contributed by atoms with Crippen LogP contribution in [0.25, 0.3) is 0 Å². The second-order valence-electron chi connectivity index (χ2n) is 6.31. The van der Waals surface area contributed by atoms with E-state index in [4.69, 9.17) is 11.6 Å². The largest absolute Gasteiger partial charge is 0.352 e. The molecule has 0 unspecified atom stereocenters. The molecule has 2 rings (SSSR count). The zero-order valence-corrected chi connectivity index (χ0v) is 16.2. The van der Waals surface area contributed by atoms with Crippen molar-refractivity contribution in [2.45, 2.75) is 25.7 Å². The van der Waals surface area contributed by atoms with Crippen LogP contribution >= 0.6 is 11.6 Å². The van der Waals surface area contributed by atoms with Gasteiger partial charge in [0.1, 0.15) is 5.82 Å². The van der Waals surface area contributed by atoms with Crippen molar-refractivity contribution in [3.63, 3.8) is 0 Å². The standard InChI is InChI=1S/C18H20ClFN2O3S/c1-11(2)10-21-18(23)15-9-14(6-4-12(15)3)26(24,25)22-13-5-7-17(20)16(19)8-13/h4-9,11,22H,10H2,1-3H3,(H,21,23). The quantitative estimate of drug-likeness (QED) is 0.772. The first kappa shape index (κ1) is 20.2. The molecule has 0 aliphatic carbocycles. The van der Waals surface area contributed by atoms with Gasteiger partial charge in [0, 0.05) is 12.1 Å². The molecule has 0 saturated carbocycles. The van der Waals surface area contributed by atoms with Crippen molar-refractivity contribution in [1.29, 1.82) is 0 Å². The summed E-state index contributed by atoms with van der Waals surface area (Å²) in [4.78, 5) is 12.2. The first-order valence-corrected chi connectivity index (χ1v) is 9.83. The van der Waals surface area contributed by atoms with Crippen LogP contribution in [-0.4, -0.2) is 20.9 Å². The molecule has 5 nitrogen and oxygen atoms in total. The molecule has 0 radical (unpaired) electrons. The minimum atomic E-state index is -3.96. The fraction of sp³-hybridized carbons (Fsp3) is 0.278. The van der Waals surface area contributed by atoms with E-state index in [0.29, 0.717) is 12.1 Å². The zero-order valence-electron chi connectivity index (χ0n) is 14.6. The van der Waals surface area contributed by atoms with Gasteiger partial charge in [0.15, 0.2) is 0 Å². The molecule has 0 spiro atoms. The van der Waals surface area contributed by atoms with E-state index < -0.39 is 15.8 Å². The molecule has 0 atom stereocenters. The van der Waals surface area contributed by atoms with E-state index in [0.717, 1.165) is 6.07 Å². The number of carbonyl (C=O) groups excluding carboxylic acids is 1. The summed E-state index contributed by atoms with van der Waals surface area (Å²) in [6.45, 7) is 6.15. The molecular weight excluding hydrogens is 379 g/mol. The van der Waals surface area contributed by atoms with Crippen molar-refractivity contribution in [2.24, 2.45) is 5.92 Å². The third-order valence-corrected chi connectivity index (χ3v) is 5.28. The van der Waals surface area contributed by atoms with Crippen molar-refractivity contribution in [2.75, 3.05) is 11.3 Å². The number of hydrogen-bond acceptors (Lipinski definition) is 3. The average Bonchev–Trinajstić information content (AvgIpc) is 2.56. The molecule has 1 amide bonds. The molecule has 0 heterocycles. The lowest BCUT2D eigenvalue weighted by molar-refractivity contribution is 0.0948. The molecule has 2 aromatic carbocycles. The maximum Gasteiger partial charge on any atom is 0.261 e. The van der Waals surface area contributed by atoms with Crippen molar-refractivity contribution in [3.8, 4) is 0 Å². The van der Waals surface area contributed by atoms with Crippen molar-refractivity contribution in [3.05, 3.63) is 58.4 Å². The van der Waals surface area contributed by atoms with Crippen molar-refractivity contribution in [1.82, 2.24) is 5.32 Å². The third-order valence-electron chi connectivity index (χ3n) is 3.61. The SMILES string of the molecule is Cc1ccc(S(=O)(=O)Nc2ccc(F)c(Cl)c2)cc1C(=O)NCC(C)C. The summed E-state index contributed by atoms with van der Waals surface area (Å²) in [5.41, 5.74) is 1.07. The number of sulfonamides is 1. The maximum atomic E-state index is 13.2. The Hall–Kier alpha value is -2.12. The number of amides is 1. The molecule has 2 aromatic rings. The van der Waals surface area contributed by atoms with Gasteiger partial charge in [-0.15, -0.1) is 0 Å². The van der Waals surface area contributed by atoms with Crippen LogP contribution in [0.2, 0.25) is 5.02 Å². The van der Waals surface area contributed by atoms with Gasteiger partial charge < -0.3 is 5.32 Å². The predicted octanol–water partition coefficient (Wildman–Crippen LogP) is 3.97. The third kappa shape index (κ3) is 4.95. The highest BCUT2D eigenvalue weighted by molar-refractivity contribution is 7.92. The van der Waals surface area contributed by atoms with Crippen LogP contribution in [0, 0.1) is 18.7 Å². The number of nitrogens with one attached hydrogen (secondary N) is 2. The Labute approximate surface area is 157 Å². The van der Waals surface area contributed by atoms with Gasteiger partial charge in [-0.3, -0.25) is 9.52 Å². The highest BCUT2D eigenvalue weighted by Gasteiger charge is 2.19. The summed E-state index contributed by atoms with van der Waals surface area (Å²) in [5.74, 6) is -0.705. The highest BCUT2D eigenvalue weighted by atomic mass is 35.5.